The lowest BCUT2D eigenvalue weighted by molar-refractivity contribution is -0.117. The maximum Gasteiger partial charge on any atom is 0.163 e. The first-order valence-electron chi connectivity index (χ1n) is 7.37. The molecule has 0 aliphatic rings. The predicted octanol–water partition coefficient (Wildman–Crippen LogP) is 5.87. The van der Waals surface area contributed by atoms with Crippen molar-refractivity contribution in [1.82, 2.24) is 0 Å². The van der Waals surface area contributed by atoms with Crippen LogP contribution in [0.4, 0.5) is 0 Å². The fourth-order valence-corrected chi connectivity index (χ4v) is 2.32. The zero-order valence-electron chi connectivity index (χ0n) is 13.3. The van der Waals surface area contributed by atoms with E-state index < -0.39 is 0 Å². The van der Waals surface area contributed by atoms with Crippen molar-refractivity contribution in [2.75, 3.05) is 0 Å². The average molecular weight is 351 g/mol. The molecule has 0 heterocycles. The van der Waals surface area contributed by atoms with Gasteiger partial charge in [0.2, 0.25) is 0 Å². The van der Waals surface area contributed by atoms with E-state index in [1.165, 1.54) is 0 Å². The molecule has 4 heteroatoms. The molecule has 0 saturated carbocycles. The van der Waals surface area contributed by atoms with Crippen molar-refractivity contribution in [2.45, 2.75) is 26.7 Å². The van der Waals surface area contributed by atoms with Crippen molar-refractivity contribution in [3.05, 3.63) is 70.2 Å². The van der Waals surface area contributed by atoms with E-state index in [9.17, 15) is 9.59 Å². The highest BCUT2D eigenvalue weighted by Crippen LogP contribution is 2.15. The average Bonchev–Trinajstić information content (AvgIpc) is 2.48. The summed E-state index contributed by atoms with van der Waals surface area (Å²) in [7, 11) is 0. The molecule has 2 aromatic rings. The van der Waals surface area contributed by atoms with Crippen LogP contribution >= 0.6 is 23.2 Å². The van der Waals surface area contributed by atoms with Gasteiger partial charge in [-0.3, -0.25) is 4.79 Å². The lowest BCUT2D eigenvalue weighted by atomic mass is 9.96. The molecule has 1 unspecified atom stereocenters. The third-order valence-electron chi connectivity index (χ3n) is 3.07. The van der Waals surface area contributed by atoms with E-state index in [1.54, 1.807) is 31.2 Å². The van der Waals surface area contributed by atoms with Crippen LogP contribution in [-0.2, 0) is 4.79 Å². The lowest BCUT2D eigenvalue weighted by Crippen LogP contribution is -2.09. The molecule has 0 aliphatic heterocycles. The predicted molar refractivity (Wildman–Crippen MR) is 96.3 cm³/mol. The Morgan fingerprint density at radius 3 is 1.83 bits per heavy atom. The third-order valence-corrected chi connectivity index (χ3v) is 3.57. The zero-order chi connectivity index (χ0) is 17.2. The van der Waals surface area contributed by atoms with Gasteiger partial charge in [0.15, 0.2) is 5.78 Å². The molecule has 2 rings (SSSR count). The SMILES string of the molecule is CC(=O)CC(C)CC(=O)c1ccc(Cl)cc1.Clc1ccccc1. The highest BCUT2D eigenvalue weighted by Gasteiger charge is 2.12. The fraction of sp³-hybridized carbons (Fsp3) is 0.263. The van der Waals surface area contributed by atoms with Gasteiger partial charge < -0.3 is 4.79 Å². The third kappa shape index (κ3) is 8.53. The number of rotatable bonds is 5. The van der Waals surface area contributed by atoms with Crippen LogP contribution in [0.25, 0.3) is 0 Å². The maximum atomic E-state index is 11.8. The molecule has 0 spiro atoms. The normalized spacial score (nSPS) is 11.1. The number of carbonyl (C=O) groups excluding carboxylic acids is 2. The van der Waals surface area contributed by atoms with Gasteiger partial charge in [-0.1, -0.05) is 48.3 Å². The molecule has 23 heavy (non-hydrogen) atoms. The molecule has 0 amide bonds. The number of benzene rings is 2. The summed E-state index contributed by atoms with van der Waals surface area (Å²) in [6, 6.07) is 16.3. The van der Waals surface area contributed by atoms with Gasteiger partial charge in [0.05, 0.1) is 0 Å². The summed E-state index contributed by atoms with van der Waals surface area (Å²) < 4.78 is 0. The second-order valence-electron chi connectivity index (χ2n) is 5.44. The first-order chi connectivity index (χ1) is 10.9. The van der Waals surface area contributed by atoms with E-state index in [0.29, 0.717) is 23.4 Å². The van der Waals surface area contributed by atoms with Crippen LogP contribution in [0.3, 0.4) is 0 Å². The number of Topliss-reactive ketones (excluding diaryl/α,β-unsaturated/α-hetero) is 2. The quantitative estimate of drug-likeness (QED) is 0.632. The number of halogens is 2. The molecule has 122 valence electrons. The van der Waals surface area contributed by atoms with Crippen molar-refractivity contribution in [3.63, 3.8) is 0 Å². The molecule has 0 aromatic heterocycles. The van der Waals surface area contributed by atoms with E-state index in [0.717, 1.165) is 5.02 Å². The molecule has 0 aliphatic carbocycles. The molecule has 0 saturated heterocycles. The minimum absolute atomic E-state index is 0.0606. The molecule has 2 aromatic carbocycles. The van der Waals surface area contributed by atoms with Gasteiger partial charge in [-0.25, -0.2) is 0 Å². The summed E-state index contributed by atoms with van der Waals surface area (Å²) in [4.78, 5) is 22.7. The van der Waals surface area contributed by atoms with Gasteiger partial charge in [-0.05, 0) is 49.2 Å². The topological polar surface area (TPSA) is 34.1 Å². The number of carbonyl (C=O) groups is 2. The monoisotopic (exact) mass is 350 g/mol. The first-order valence-corrected chi connectivity index (χ1v) is 8.13. The van der Waals surface area contributed by atoms with Crippen LogP contribution in [0.15, 0.2) is 54.6 Å². The Balaban J connectivity index is 0.000000313. The van der Waals surface area contributed by atoms with Crippen molar-refractivity contribution in [3.8, 4) is 0 Å². The molecule has 0 N–H and O–H groups in total. The van der Waals surface area contributed by atoms with E-state index in [-0.39, 0.29) is 17.5 Å². The molecule has 0 bridgehead atoms. The Labute approximate surface area is 147 Å². The maximum absolute atomic E-state index is 11.8. The summed E-state index contributed by atoms with van der Waals surface area (Å²) in [6.45, 7) is 3.46. The van der Waals surface area contributed by atoms with Crippen molar-refractivity contribution in [1.29, 1.82) is 0 Å². The van der Waals surface area contributed by atoms with Gasteiger partial charge in [0.1, 0.15) is 5.78 Å². The first kappa shape index (κ1) is 19.4. The van der Waals surface area contributed by atoms with Crippen molar-refractivity contribution < 1.29 is 9.59 Å². The van der Waals surface area contributed by atoms with Crippen LogP contribution in [0.2, 0.25) is 10.0 Å². The molecule has 0 fully saturated rings. The van der Waals surface area contributed by atoms with Crippen molar-refractivity contribution >= 4 is 34.8 Å². The minimum Gasteiger partial charge on any atom is -0.300 e. The second-order valence-corrected chi connectivity index (χ2v) is 6.31. The summed E-state index contributed by atoms with van der Waals surface area (Å²) in [5.41, 5.74) is 0.653. The zero-order valence-corrected chi connectivity index (χ0v) is 14.8. The summed E-state index contributed by atoms with van der Waals surface area (Å²) >= 11 is 11.3. The van der Waals surface area contributed by atoms with Gasteiger partial charge in [-0.2, -0.15) is 0 Å². The van der Waals surface area contributed by atoms with Crippen molar-refractivity contribution in [2.24, 2.45) is 5.92 Å². The Morgan fingerprint density at radius 2 is 1.39 bits per heavy atom. The Bertz CT molecular complexity index is 622. The highest BCUT2D eigenvalue weighted by molar-refractivity contribution is 6.30. The Kier molecular flexibility index (Phi) is 8.60. The van der Waals surface area contributed by atoms with Gasteiger partial charge in [0.25, 0.3) is 0 Å². The smallest absolute Gasteiger partial charge is 0.163 e. The summed E-state index contributed by atoms with van der Waals surface area (Å²) in [5.74, 6) is 0.280. The molecular formula is C19H20Cl2O2. The molecule has 1 atom stereocenters. The van der Waals surface area contributed by atoms with E-state index in [4.69, 9.17) is 23.2 Å². The van der Waals surface area contributed by atoms with Crippen LogP contribution in [0.1, 0.15) is 37.0 Å². The molecule has 0 radical (unpaired) electrons. The molecular weight excluding hydrogens is 331 g/mol. The number of hydrogen-bond acceptors (Lipinski definition) is 2. The largest absolute Gasteiger partial charge is 0.300 e. The van der Waals surface area contributed by atoms with Crippen LogP contribution in [0.5, 0.6) is 0 Å². The van der Waals surface area contributed by atoms with Gasteiger partial charge >= 0.3 is 0 Å². The van der Waals surface area contributed by atoms with Gasteiger partial charge in [0, 0.05) is 28.5 Å². The van der Waals surface area contributed by atoms with Crippen LogP contribution in [0, 0.1) is 5.92 Å². The number of ketones is 2. The number of hydrogen-bond donors (Lipinski definition) is 0. The molecule has 2 nitrogen and oxygen atoms in total. The Hall–Kier alpha value is -1.64. The van der Waals surface area contributed by atoms with Crippen LogP contribution in [-0.4, -0.2) is 11.6 Å². The standard InChI is InChI=1S/C13H15ClO2.C6H5Cl/c1-9(7-10(2)15)8-13(16)11-3-5-12(14)6-4-11;7-6-4-2-1-3-5-6/h3-6,9H,7-8H2,1-2H3;1-5H. The van der Waals surface area contributed by atoms with Crippen LogP contribution < -0.4 is 0 Å². The highest BCUT2D eigenvalue weighted by atomic mass is 35.5. The Morgan fingerprint density at radius 1 is 0.870 bits per heavy atom. The fourth-order valence-electron chi connectivity index (χ4n) is 2.05. The minimum atomic E-state index is 0.0606. The van der Waals surface area contributed by atoms with Gasteiger partial charge in [-0.15, -0.1) is 0 Å². The lowest BCUT2D eigenvalue weighted by Gasteiger charge is -2.08. The van der Waals surface area contributed by atoms with E-state index in [1.807, 2.05) is 37.3 Å². The summed E-state index contributed by atoms with van der Waals surface area (Å²) in [6.07, 6.45) is 0.862. The second kappa shape index (κ2) is 10.2. The van der Waals surface area contributed by atoms with E-state index in [2.05, 4.69) is 0 Å². The summed E-state index contributed by atoms with van der Waals surface area (Å²) in [5, 5.41) is 1.41. The van der Waals surface area contributed by atoms with E-state index >= 15 is 0 Å².